The molecule has 1 aromatic rings. The van der Waals surface area contributed by atoms with Gasteiger partial charge in [0.2, 0.25) is 0 Å². The third-order valence-corrected chi connectivity index (χ3v) is 3.94. The van der Waals surface area contributed by atoms with Crippen LogP contribution in [0.15, 0.2) is 18.2 Å². The topological polar surface area (TPSA) is 38.0 Å². The number of hydrogen-bond donors (Lipinski definition) is 2. The van der Waals surface area contributed by atoms with Crippen molar-refractivity contribution in [2.45, 2.75) is 32.7 Å². The summed E-state index contributed by atoms with van der Waals surface area (Å²) < 4.78 is 0. The van der Waals surface area contributed by atoms with E-state index < -0.39 is 0 Å². The molecule has 2 rings (SSSR count). The Kier molecular flexibility index (Phi) is 3.41. The highest BCUT2D eigenvalue weighted by molar-refractivity contribution is 6.33. The predicted molar refractivity (Wildman–Crippen MR) is 69.5 cm³/mol. The van der Waals surface area contributed by atoms with Crippen molar-refractivity contribution in [3.63, 3.8) is 0 Å². The van der Waals surface area contributed by atoms with E-state index in [-0.39, 0.29) is 0 Å². The SMILES string of the molecule is CCC1(CNCc2ccc(Cl)c(N)c2)CC1. The van der Waals surface area contributed by atoms with E-state index in [1.807, 2.05) is 18.2 Å². The Morgan fingerprint density at radius 2 is 2.19 bits per heavy atom. The summed E-state index contributed by atoms with van der Waals surface area (Å²) in [4.78, 5) is 0. The van der Waals surface area contributed by atoms with Gasteiger partial charge in [-0.2, -0.15) is 0 Å². The maximum atomic E-state index is 5.87. The molecule has 1 aliphatic rings. The number of nitrogens with two attached hydrogens (primary N) is 1. The normalized spacial score (nSPS) is 17.4. The van der Waals surface area contributed by atoms with Gasteiger partial charge in [0.05, 0.1) is 10.7 Å². The minimum Gasteiger partial charge on any atom is -0.398 e. The lowest BCUT2D eigenvalue weighted by Crippen LogP contribution is -2.23. The molecule has 0 heterocycles. The van der Waals surface area contributed by atoms with Gasteiger partial charge in [-0.15, -0.1) is 0 Å². The Balaban J connectivity index is 1.83. The van der Waals surface area contributed by atoms with Gasteiger partial charge in [0, 0.05) is 13.1 Å². The van der Waals surface area contributed by atoms with Crippen LogP contribution in [0.5, 0.6) is 0 Å². The van der Waals surface area contributed by atoms with Gasteiger partial charge < -0.3 is 11.1 Å². The molecule has 0 bridgehead atoms. The lowest BCUT2D eigenvalue weighted by molar-refractivity contribution is 0.443. The Morgan fingerprint density at radius 3 is 2.75 bits per heavy atom. The van der Waals surface area contributed by atoms with Crippen LogP contribution in [-0.2, 0) is 6.54 Å². The maximum absolute atomic E-state index is 5.87. The van der Waals surface area contributed by atoms with E-state index in [0.29, 0.717) is 16.1 Å². The van der Waals surface area contributed by atoms with E-state index in [1.54, 1.807) is 0 Å². The van der Waals surface area contributed by atoms with Crippen LogP contribution >= 0.6 is 11.6 Å². The van der Waals surface area contributed by atoms with Crippen LogP contribution in [0.2, 0.25) is 5.02 Å². The first-order valence-electron chi connectivity index (χ1n) is 5.90. The average molecular weight is 239 g/mol. The highest BCUT2D eigenvalue weighted by atomic mass is 35.5. The lowest BCUT2D eigenvalue weighted by Gasteiger charge is -2.13. The van der Waals surface area contributed by atoms with Crippen molar-refractivity contribution >= 4 is 17.3 Å². The average Bonchev–Trinajstić information content (AvgIpc) is 3.04. The van der Waals surface area contributed by atoms with Gasteiger partial charge in [0.15, 0.2) is 0 Å². The van der Waals surface area contributed by atoms with Crippen molar-refractivity contribution in [1.29, 1.82) is 0 Å². The van der Waals surface area contributed by atoms with Gasteiger partial charge in [-0.25, -0.2) is 0 Å². The monoisotopic (exact) mass is 238 g/mol. The van der Waals surface area contributed by atoms with Gasteiger partial charge in [0.1, 0.15) is 0 Å². The van der Waals surface area contributed by atoms with E-state index in [1.165, 1.54) is 24.8 Å². The second-order valence-corrected chi connectivity index (χ2v) is 5.22. The van der Waals surface area contributed by atoms with E-state index in [2.05, 4.69) is 12.2 Å². The van der Waals surface area contributed by atoms with Gasteiger partial charge in [-0.1, -0.05) is 24.6 Å². The van der Waals surface area contributed by atoms with Crippen LogP contribution in [-0.4, -0.2) is 6.54 Å². The Bertz CT molecular complexity index is 372. The molecule has 3 N–H and O–H groups in total. The van der Waals surface area contributed by atoms with Crippen molar-refractivity contribution in [1.82, 2.24) is 5.32 Å². The summed E-state index contributed by atoms with van der Waals surface area (Å²) in [5, 5.41) is 4.14. The van der Waals surface area contributed by atoms with Crippen LogP contribution in [0.4, 0.5) is 5.69 Å². The van der Waals surface area contributed by atoms with Gasteiger partial charge in [-0.05, 0) is 42.4 Å². The maximum Gasteiger partial charge on any atom is 0.0635 e. The van der Waals surface area contributed by atoms with Crippen LogP contribution < -0.4 is 11.1 Å². The Labute approximate surface area is 102 Å². The summed E-state index contributed by atoms with van der Waals surface area (Å²) in [7, 11) is 0. The summed E-state index contributed by atoms with van der Waals surface area (Å²) in [6.07, 6.45) is 4.03. The highest BCUT2D eigenvalue weighted by Crippen LogP contribution is 2.47. The summed E-state index contributed by atoms with van der Waals surface area (Å²) in [5.74, 6) is 0. The quantitative estimate of drug-likeness (QED) is 0.774. The third kappa shape index (κ3) is 2.69. The van der Waals surface area contributed by atoms with Crippen LogP contribution in [0.25, 0.3) is 0 Å². The number of nitrogen functional groups attached to an aromatic ring is 1. The molecule has 0 aliphatic heterocycles. The Hall–Kier alpha value is -0.730. The number of nitrogens with one attached hydrogen (secondary N) is 1. The fourth-order valence-corrected chi connectivity index (χ4v) is 2.12. The molecular formula is C13H19ClN2. The zero-order valence-electron chi connectivity index (χ0n) is 9.72. The molecule has 1 fully saturated rings. The summed E-state index contributed by atoms with van der Waals surface area (Å²) in [6, 6.07) is 5.83. The number of rotatable bonds is 5. The van der Waals surface area contributed by atoms with Crippen molar-refractivity contribution in [2.75, 3.05) is 12.3 Å². The Morgan fingerprint density at radius 1 is 1.44 bits per heavy atom. The summed E-state index contributed by atoms with van der Waals surface area (Å²) >= 11 is 5.87. The molecule has 3 heteroatoms. The first kappa shape index (κ1) is 11.7. The number of hydrogen-bond acceptors (Lipinski definition) is 2. The largest absolute Gasteiger partial charge is 0.398 e. The summed E-state index contributed by atoms with van der Waals surface area (Å²) in [5.41, 5.74) is 8.22. The number of benzene rings is 1. The molecule has 1 saturated carbocycles. The van der Waals surface area contributed by atoms with Crippen LogP contribution in [0.3, 0.4) is 0 Å². The van der Waals surface area contributed by atoms with Crippen LogP contribution in [0.1, 0.15) is 31.7 Å². The van der Waals surface area contributed by atoms with Crippen molar-refractivity contribution < 1.29 is 0 Å². The molecule has 88 valence electrons. The standard InChI is InChI=1S/C13H19ClN2/c1-2-13(5-6-13)9-16-8-10-3-4-11(14)12(15)7-10/h3-4,7,16H,2,5-6,8-9,15H2,1H3. The van der Waals surface area contributed by atoms with Crippen LogP contribution in [0, 0.1) is 5.41 Å². The zero-order valence-corrected chi connectivity index (χ0v) is 10.5. The lowest BCUT2D eigenvalue weighted by atomic mass is 10.0. The number of anilines is 1. The molecule has 0 atom stereocenters. The van der Waals surface area contributed by atoms with E-state index in [9.17, 15) is 0 Å². The molecule has 1 aromatic carbocycles. The van der Waals surface area contributed by atoms with E-state index in [0.717, 1.165) is 13.1 Å². The highest BCUT2D eigenvalue weighted by Gasteiger charge is 2.39. The molecule has 0 saturated heterocycles. The van der Waals surface area contributed by atoms with Gasteiger partial charge in [-0.3, -0.25) is 0 Å². The fraction of sp³-hybridized carbons (Fsp3) is 0.538. The molecule has 0 amide bonds. The molecule has 16 heavy (non-hydrogen) atoms. The van der Waals surface area contributed by atoms with Crippen molar-refractivity contribution in [2.24, 2.45) is 5.41 Å². The predicted octanol–water partition coefficient (Wildman–Crippen LogP) is 3.20. The molecular weight excluding hydrogens is 220 g/mol. The van der Waals surface area contributed by atoms with E-state index in [4.69, 9.17) is 17.3 Å². The molecule has 0 spiro atoms. The third-order valence-electron chi connectivity index (χ3n) is 3.60. The molecule has 2 nitrogen and oxygen atoms in total. The minimum atomic E-state index is 0.595. The fourth-order valence-electron chi connectivity index (χ4n) is 2.01. The van der Waals surface area contributed by atoms with Gasteiger partial charge in [0.25, 0.3) is 0 Å². The summed E-state index contributed by atoms with van der Waals surface area (Å²) in [6.45, 7) is 4.27. The smallest absolute Gasteiger partial charge is 0.0635 e. The first-order valence-corrected chi connectivity index (χ1v) is 6.28. The van der Waals surface area contributed by atoms with Gasteiger partial charge >= 0.3 is 0 Å². The minimum absolute atomic E-state index is 0.595. The molecule has 1 aliphatic carbocycles. The first-order chi connectivity index (χ1) is 7.65. The zero-order chi connectivity index (χ0) is 11.6. The van der Waals surface area contributed by atoms with Crippen molar-refractivity contribution in [3.8, 4) is 0 Å². The molecule has 0 aromatic heterocycles. The number of halogens is 1. The molecule has 0 radical (unpaired) electrons. The second-order valence-electron chi connectivity index (χ2n) is 4.81. The van der Waals surface area contributed by atoms with E-state index >= 15 is 0 Å². The van der Waals surface area contributed by atoms with Crippen molar-refractivity contribution in [3.05, 3.63) is 28.8 Å². The molecule has 0 unspecified atom stereocenters. The second kappa shape index (κ2) is 4.64.